The van der Waals surface area contributed by atoms with Crippen LogP contribution < -0.4 is 10.6 Å². The van der Waals surface area contributed by atoms with Gasteiger partial charge in [-0.25, -0.2) is 4.98 Å². The zero-order chi connectivity index (χ0) is 13.7. The van der Waals surface area contributed by atoms with Gasteiger partial charge in [0.05, 0.1) is 0 Å². The van der Waals surface area contributed by atoms with Gasteiger partial charge in [-0.05, 0) is 5.92 Å². The molecule has 0 spiro atoms. The highest BCUT2D eigenvalue weighted by atomic mass is 35.5. The van der Waals surface area contributed by atoms with Crippen molar-refractivity contribution in [3.05, 3.63) is 12.4 Å². The summed E-state index contributed by atoms with van der Waals surface area (Å²) in [6.45, 7) is 6.15. The lowest BCUT2D eigenvalue weighted by Crippen LogP contribution is -2.40. The second-order valence-electron chi connectivity index (χ2n) is 5.28. The lowest BCUT2D eigenvalue weighted by molar-refractivity contribution is -0.116. The molecule has 7 heteroatoms. The number of halogens is 1. The summed E-state index contributed by atoms with van der Waals surface area (Å²) >= 11 is 1.90. The van der Waals surface area contributed by atoms with Crippen molar-refractivity contribution < 1.29 is 4.79 Å². The van der Waals surface area contributed by atoms with Gasteiger partial charge in [0.15, 0.2) is 0 Å². The van der Waals surface area contributed by atoms with Crippen LogP contribution in [0.4, 0.5) is 5.95 Å². The van der Waals surface area contributed by atoms with E-state index in [1.54, 1.807) is 6.20 Å². The average molecular weight is 319 g/mol. The Bertz CT molecular complexity index is 418. The van der Waals surface area contributed by atoms with E-state index in [9.17, 15) is 4.79 Å². The van der Waals surface area contributed by atoms with Gasteiger partial charge >= 0.3 is 0 Å². The largest absolute Gasteiger partial charge is 0.317 e. The van der Waals surface area contributed by atoms with E-state index in [-0.39, 0.29) is 24.4 Å². The van der Waals surface area contributed by atoms with Crippen LogP contribution >= 0.6 is 24.2 Å². The SMILES string of the molecule is CC(C)Cn1ccnc1NC(=O)CC1CSCCN1.Cl. The normalized spacial score (nSPS) is 18.6. The maximum absolute atomic E-state index is 12.0. The van der Waals surface area contributed by atoms with E-state index in [1.165, 1.54) is 0 Å². The van der Waals surface area contributed by atoms with E-state index in [1.807, 2.05) is 22.5 Å². The van der Waals surface area contributed by atoms with Gasteiger partial charge < -0.3 is 9.88 Å². The van der Waals surface area contributed by atoms with E-state index < -0.39 is 0 Å². The minimum absolute atomic E-state index is 0. The molecule has 1 aliphatic rings. The number of nitrogens with one attached hydrogen (secondary N) is 2. The van der Waals surface area contributed by atoms with Crippen molar-refractivity contribution in [1.29, 1.82) is 0 Å². The Kier molecular flexibility index (Phi) is 7.40. The summed E-state index contributed by atoms with van der Waals surface area (Å²) in [5.74, 6) is 3.37. The lowest BCUT2D eigenvalue weighted by atomic mass is 10.2. The Morgan fingerprint density at radius 2 is 2.45 bits per heavy atom. The van der Waals surface area contributed by atoms with Gasteiger partial charge in [-0.2, -0.15) is 11.8 Å². The molecule has 2 rings (SSSR count). The highest BCUT2D eigenvalue weighted by molar-refractivity contribution is 7.99. The number of hydrogen-bond acceptors (Lipinski definition) is 4. The molecule has 0 saturated carbocycles. The number of nitrogens with zero attached hydrogens (tertiary/aromatic N) is 2. The van der Waals surface area contributed by atoms with Crippen molar-refractivity contribution in [3.63, 3.8) is 0 Å². The van der Waals surface area contributed by atoms with Gasteiger partial charge in [0.1, 0.15) is 0 Å². The third kappa shape index (κ3) is 5.34. The minimum Gasteiger partial charge on any atom is -0.317 e. The third-order valence-corrected chi connectivity index (χ3v) is 4.09. The van der Waals surface area contributed by atoms with E-state index >= 15 is 0 Å². The van der Waals surface area contributed by atoms with Crippen LogP contribution in [-0.4, -0.2) is 39.6 Å². The summed E-state index contributed by atoms with van der Waals surface area (Å²) in [4.78, 5) is 16.2. The number of anilines is 1. The average Bonchev–Trinajstić information content (AvgIpc) is 2.77. The molecule has 1 amide bonds. The van der Waals surface area contributed by atoms with E-state index in [0.29, 0.717) is 18.3 Å². The molecule has 5 nitrogen and oxygen atoms in total. The van der Waals surface area contributed by atoms with Gasteiger partial charge in [-0.15, -0.1) is 12.4 Å². The number of rotatable bonds is 5. The Balaban J connectivity index is 0.00000200. The van der Waals surface area contributed by atoms with Crippen LogP contribution in [0.2, 0.25) is 0 Å². The monoisotopic (exact) mass is 318 g/mol. The zero-order valence-corrected chi connectivity index (χ0v) is 13.6. The molecule has 1 atom stereocenters. The van der Waals surface area contributed by atoms with Crippen molar-refractivity contribution in [1.82, 2.24) is 14.9 Å². The van der Waals surface area contributed by atoms with Crippen LogP contribution in [0.3, 0.4) is 0 Å². The molecule has 0 bridgehead atoms. The second kappa shape index (κ2) is 8.54. The van der Waals surface area contributed by atoms with Gasteiger partial charge in [0, 0.05) is 49.5 Å². The molecule has 0 aliphatic carbocycles. The number of hydrogen-bond donors (Lipinski definition) is 2. The summed E-state index contributed by atoms with van der Waals surface area (Å²) in [6, 6.07) is 0.285. The third-order valence-electron chi connectivity index (χ3n) is 2.96. The van der Waals surface area contributed by atoms with Gasteiger partial charge in [-0.1, -0.05) is 13.8 Å². The fourth-order valence-corrected chi connectivity index (χ4v) is 3.07. The molecule has 20 heavy (non-hydrogen) atoms. The number of carbonyl (C=O) groups excluding carboxylic acids is 1. The molecular weight excluding hydrogens is 296 g/mol. The molecular formula is C13H23ClN4OS. The number of thioether (sulfide) groups is 1. The summed E-state index contributed by atoms with van der Waals surface area (Å²) in [6.07, 6.45) is 4.15. The van der Waals surface area contributed by atoms with Gasteiger partial charge in [0.25, 0.3) is 0 Å². The minimum atomic E-state index is 0. The van der Waals surface area contributed by atoms with E-state index in [4.69, 9.17) is 0 Å². The molecule has 2 N–H and O–H groups in total. The molecule has 1 saturated heterocycles. The first-order valence-corrected chi connectivity index (χ1v) is 7.92. The number of imidazole rings is 1. The van der Waals surface area contributed by atoms with Crippen LogP contribution in [0.15, 0.2) is 12.4 Å². The fourth-order valence-electron chi connectivity index (χ4n) is 2.12. The molecule has 114 valence electrons. The zero-order valence-electron chi connectivity index (χ0n) is 12.0. The van der Waals surface area contributed by atoms with Crippen molar-refractivity contribution in [2.24, 2.45) is 5.92 Å². The lowest BCUT2D eigenvalue weighted by Gasteiger charge is -2.22. The fraction of sp³-hybridized carbons (Fsp3) is 0.692. The smallest absolute Gasteiger partial charge is 0.228 e. The van der Waals surface area contributed by atoms with E-state index in [2.05, 4.69) is 29.5 Å². The number of carbonyl (C=O) groups is 1. The van der Waals surface area contributed by atoms with Crippen molar-refractivity contribution >= 4 is 36.0 Å². The highest BCUT2D eigenvalue weighted by Gasteiger charge is 2.17. The van der Waals surface area contributed by atoms with E-state index in [0.717, 1.165) is 24.6 Å². The number of amides is 1. The summed E-state index contributed by atoms with van der Waals surface area (Å²) in [7, 11) is 0. The summed E-state index contributed by atoms with van der Waals surface area (Å²) in [5, 5.41) is 6.27. The molecule has 1 aromatic rings. The van der Waals surface area contributed by atoms with Crippen LogP contribution in [0, 0.1) is 5.92 Å². The predicted octanol–water partition coefficient (Wildman–Crippen LogP) is 1.99. The van der Waals surface area contributed by atoms with Crippen molar-refractivity contribution in [2.75, 3.05) is 23.4 Å². The Morgan fingerprint density at radius 1 is 1.65 bits per heavy atom. The Hall–Kier alpha value is -0.720. The van der Waals surface area contributed by atoms with Gasteiger partial charge in [0.2, 0.25) is 11.9 Å². The molecule has 0 aromatic carbocycles. The van der Waals surface area contributed by atoms with Gasteiger partial charge in [-0.3, -0.25) is 10.1 Å². The summed E-state index contributed by atoms with van der Waals surface area (Å²) in [5.41, 5.74) is 0. The molecule has 1 unspecified atom stereocenters. The first-order valence-electron chi connectivity index (χ1n) is 6.77. The quantitative estimate of drug-likeness (QED) is 0.872. The van der Waals surface area contributed by atoms with Crippen molar-refractivity contribution in [3.8, 4) is 0 Å². The van der Waals surface area contributed by atoms with Crippen LogP contribution in [0.5, 0.6) is 0 Å². The molecule has 1 aliphatic heterocycles. The maximum Gasteiger partial charge on any atom is 0.228 e. The molecule has 1 aromatic heterocycles. The molecule has 1 fully saturated rings. The van der Waals surface area contributed by atoms with Crippen molar-refractivity contribution in [2.45, 2.75) is 32.9 Å². The number of aromatic nitrogens is 2. The maximum atomic E-state index is 12.0. The van der Waals surface area contributed by atoms with Crippen LogP contribution in [-0.2, 0) is 11.3 Å². The van der Waals surface area contributed by atoms with Crippen LogP contribution in [0.1, 0.15) is 20.3 Å². The predicted molar refractivity (Wildman–Crippen MR) is 86.7 cm³/mol. The Morgan fingerprint density at radius 3 is 3.10 bits per heavy atom. The van der Waals surface area contributed by atoms with Crippen LogP contribution in [0.25, 0.3) is 0 Å². The molecule has 0 radical (unpaired) electrons. The second-order valence-corrected chi connectivity index (χ2v) is 6.43. The topological polar surface area (TPSA) is 59.0 Å². The first kappa shape index (κ1) is 17.3. The molecule has 2 heterocycles. The highest BCUT2D eigenvalue weighted by Crippen LogP contribution is 2.12. The standard InChI is InChI=1S/C13H22N4OS.ClH/c1-10(2)8-17-5-3-15-13(17)16-12(18)7-11-9-19-6-4-14-11;/h3,5,10-11,14H,4,6-9H2,1-2H3,(H,15,16,18);1H. The summed E-state index contributed by atoms with van der Waals surface area (Å²) < 4.78 is 1.99. The Labute approximate surface area is 130 Å². The first-order chi connectivity index (χ1) is 9.15.